The van der Waals surface area contributed by atoms with Crippen molar-refractivity contribution in [2.45, 2.75) is 46.0 Å². The van der Waals surface area contributed by atoms with Crippen LogP contribution in [-0.2, 0) is 24.4 Å². The largest absolute Gasteiger partial charge is 0.444 e. The second-order valence-corrected chi connectivity index (χ2v) is 10.1. The maximum absolute atomic E-state index is 12.8. The van der Waals surface area contributed by atoms with Crippen LogP contribution in [0.5, 0.6) is 0 Å². The molecule has 0 radical (unpaired) electrons. The molecule has 0 saturated heterocycles. The van der Waals surface area contributed by atoms with Crippen LogP contribution in [0.4, 0.5) is 10.5 Å². The maximum Gasteiger partial charge on any atom is 0.410 e. The van der Waals surface area contributed by atoms with Gasteiger partial charge in [-0.3, -0.25) is 9.69 Å². The summed E-state index contributed by atoms with van der Waals surface area (Å²) in [5, 5.41) is 2.93. The first-order valence-corrected chi connectivity index (χ1v) is 12.9. The lowest BCUT2D eigenvalue weighted by Gasteiger charge is -2.27. The Morgan fingerprint density at radius 3 is 1.62 bits per heavy atom. The number of carbonyl (C=O) groups excluding carboxylic acids is 2. The number of benzene rings is 4. The monoisotopic (exact) mass is 523 g/mol. The number of hydrogen-bond donors (Lipinski definition) is 2. The molecule has 0 aliphatic heterocycles. The van der Waals surface area contributed by atoms with E-state index in [1.54, 1.807) is 17.0 Å². The third-order valence-electron chi connectivity index (χ3n) is 5.55. The van der Waals surface area contributed by atoms with Crippen LogP contribution in [0.2, 0.25) is 0 Å². The first-order chi connectivity index (χ1) is 18.7. The second kappa shape index (κ2) is 14.4. The van der Waals surface area contributed by atoms with Crippen molar-refractivity contribution >= 4 is 17.7 Å². The van der Waals surface area contributed by atoms with Crippen LogP contribution in [0.25, 0.3) is 0 Å². The predicted octanol–water partition coefficient (Wildman–Crippen LogP) is 6.82. The maximum atomic E-state index is 12.8. The van der Waals surface area contributed by atoms with Crippen molar-refractivity contribution in [3.63, 3.8) is 0 Å². The number of nitrogens with two attached hydrogens (primary N) is 1. The number of nitrogens with one attached hydrogen (secondary N) is 1. The lowest BCUT2D eigenvalue weighted by atomic mass is 10.1. The summed E-state index contributed by atoms with van der Waals surface area (Å²) < 4.78 is 5.60. The molecule has 202 valence electrons. The van der Waals surface area contributed by atoms with Gasteiger partial charge in [-0.05, 0) is 61.7 Å². The summed E-state index contributed by atoms with van der Waals surface area (Å²) >= 11 is 0. The highest BCUT2D eigenvalue weighted by Crippen LogP contribution is 2.16. The highest BCUT2D eigenvalue weighted by atomic mass is 16.6. The Morgan fingerprint density at radius 1 is 0.692 bits per heavy atom. The number of rotatable bonds is 7. The van der Waals surface area contributed by atoms with E-state index < -0.39 is 5.60 Å². The summed E-state index contributed by atoms with van der Waals surface area (Å²) in [7, 11) is 0. The molecule has 4 rings (SSSR count). The van der Waals surface area contributed by atoms with Crippen molar-refractivity contribution in [2.75, 3.05) is 5.73 Å². The molecule has 0 spiro atoms. The first kappa shape index (κ1) is 29.0. The van der Waals surface area contributed by atoms with Crippen LogP contribution < -0.4 is 11.1 Å². The Bertz CT molecular complexity index is 1290. The van der Waals surface area contributed by atoms with Crippen molar-refractivity contribution in [2.24, 2.45) is 0 Å². The minimum atomic E-state index is -0.577. The van der Waals surface area contributed by atoms with Crippen LogP contribution in [0, 0.1) is 0 Å². The van der Waals surface area contributed by atoms with E-state index in [4.69, 9.17) is 10.5 Å². The van der Waals surface area contributed by atoms with Crippen molar-refractivity contribution in [1.29, 1.82) is 0 Å². The molecule has 0 saturated carbocycles. The Kier molecular flexibility index (Phi) is 10.7. The molecule has 6 nitrogen and oxygen atoms in total. The van der Waals surface area contributed by atoms with E-state index in [2.05, 4.69) is 5.32 Å². The average molecular weight is 524 g/mol. The van der Waals surface area contributed by atoms with Crippen molar-refractivity contribution in [3.05, 3.63) is 138 Å². The first-order valence-electron chi connectivity index (χ1n) is 12.9. The fraction of sp³-hybridized carbons (Fsp3) is 0.212. The minimum Gasteiger partial charge on any atom is -0.444 e. The third-order valence-corrected chi connectivity index (χ3v) is 5.55. The van der Waals surface area contributed by atoms with E-state index in [1.807, 2.05) is 124 Å². The molecule has 6 heteroatoms. The van der Waals surface area contributed by atoms with Crippen molar-refractivity contribution < 1.29 is 14.3 Å². The van der Waals surface area contributed by atoms with Gasteiger partial charge in [0.15, 0.2) is 0 Å². The van der Waals surface area contributed by atoms with Crippen LogP contribution >= 0.6 is 0 Å². The SMILES string of the molecule is CC(C)(C)OC(=O)N(Cc1ccccc1)Cc1ccc(C(=O)NCc2ccccc2)cc1.Nc1ccccc1. The smallest absolute Gasteiger partial charge is 0.410 e. The Balaban J connectivity index is 0.000000520. The molecular weight excluding hydrogens is 486 g/mol. The molecule has 0 bridgehead atoms. The topological polar surface area (TPSA) is 84.7 Å². The van der Waals surface area contributed by atoms with Crippen molar-refractivity contribution in [3.8, 4) is 0 Å². The van der Waals surface area contributed by atoms with Gasteiger partial charge in [-0.1, -0.05) is 91.0 Å². The number of nitrogens with zero attached hydrogens (tertiary/aromatic N) is 1. The molecule has 0 heterocycles. The molecule has 4 aromatic carbocycles. The number of para-hydroxylation sites is 1. The molecule has 39 heavy (non-hydrogen) atoms. The Morgan fingerprint density at radius 2 is 1.15 bits per heavy atom. The fourth-order valence-corrected chi connectivity index (χ4v) is 3.63. The van der Waals surface area contributed by atoms with Gasteiger partial charge in [-0.25, -0.2) is 4.79 Å². The lowest BCUT2D eigenvalue weighted by molar-refractivity contribution is 0.0216. The standard InChI is InChI=1S/C27H30N2O3.C6H7N/c1-27(2,3)32-26(31)29(19-22-12-8-5-9-13-22)20-23-14-16-24(17-15-23)25(30)28-18-21-10-6-4-7-11-21;7-6-4-2-1-3-5-6/h4-17H,18-20H2,1-3H3,(H,28,30);1-5H,7H2. The van der Waals surface area contributed by atoms with Gasteiger partial charge in [0.2, 0.25) is 0 Å². The second-order valence-electron chi connectivity index (χ2n) is 10.1. The summed E-state index contributed by atoms with van der Waals surface area (Å²) in [6.07, 6.45) is -0.369. The van der Waals surface area contributed by atoms with Gasteiger partial charge < -0.3 is 15.8 Å². The van der Waals surface area contributed by atoms with Gasteiger partial charge in [0, 0.05) is 30.9 Å². The zero-order chi connectivity index (χ0) is 28.1. The molecule has 2 amide bonds. The van der Waals surface area contributed by atoms with Crippen LogP contribution in [0.1, 0.15) is 47.8 Å². The molecule has 0 fully saturated rings. The van der Waals surface area contributed by atoms with E-state index in [1.165, 1.54) is 0 Å². The zero-order valence-corrected chi connectivity index (χ0v) is 22.8. The predicted molar refractivity (Wildman–Crippen MR) is 157 cm³/mol. The molecule has 3 N–H and O–H groups in total. The van der Waals surface area contributed by atoms with Gasteiger partial charge in [0.05, 0.1) is 0 Å². The number of carbonyl (C=O) groups is 2. The third kappa shape index (κ3) is 10.7. The van der Waals surface area contributed by atoms with E-state index in [0.717, 1.165) is 22.4 Å². The summed E-state index contributed by atoms with van der Waals surface area (Å²) in [5.41, 5.74) is 9.18. The van der Waals surface area contributed by atoms with E-state index >= 15 is 0 Å². The lowest BCUT2D eigenvalue weighted by Crippen LogP contribution is -2.36. The van der Waals surface area contributed by atoms with Crippen LogP contribution in [0.3, 0.4) is 0 Å². The van der Waals surface area contributed by atoms with Gasteiger partial charge in [0.25, 0.3) is 5.91 Å². The van der Waals surface area contributed by atoms with Gasteiger partial charge in [-0.2, -0.15) is 0 Å². The summed E-state index contributed by atoms with van der Waals surface area (Å²) in [4.78, 5) is 26.9. The van der Waals surface area contributed by atoms with Gasteiger partial charge >= 0.3 is 6.09 Å². The molecular formula is C33H37N3O3. The fourth-order valence-electron chi connectivity index (χ4n) is 3.63. The number of ether oxygens (including phenoxy) is 1. The summed E-state index contributed by atoms with van der Waals surface area (Å²) in [6.45, 7) is 6.87. The Hall–Kier alpha value is -4.58. The van der Waals surface area contributed by atoms with Crippen LogP contribution in [0.15, 0.2) is 115 Å². The quantitative estimate of drug-likeness (QED) is 0.260. The molecule has 0 aromatic heterocycles. The molecule has 0 unspecified atom stereocenters. The highest BCUT2D eigenvalue weighted by Gasteiger charge is 2.22. The number of amides is 2. The van der Waals surface area contributed by atoms with Gasteiger partial charge in [-0.15, -0.1) is 0 Å². The number of nitrogen functional groups attached to an aromatic ring is 1. The molecule has 0 aliphatic rings. The zero-order valence-electron chi connectivity index (χ0n) is 22.8. The van der Waals surface area contributed by atoms with E-state index in [-0.39, 0.29) is 12.0 Å². The highest BCUT2D eigenvalue weighted by molar-refractivity contribution is 5.94. The molecule has 4 aromatic rings. The van der Waals surface area contributed by atoms with E-state index in [0.29, 0.717) is 25.2 Å². The van der Waals surface area contributed by atoms with Crippen molar-refractivity contribution in [1.82, 2.24) is 10.2 Å². The number of anilines is 1. The number of hydrogen-bond acceptors (Lipinski definition) is 4. The Labute approximate surface area is 231 Å². The average Bonchev–Trinajstić information content (AvgIpc) is 2.93. The normalized spacial score (nSPS) is 10.5. The summed E-state index contributed by atoms with van der Waals surface area (Å²) in [5.74, 6) is -0.131. The summed E-state index contributed by atoms with van der Waals surface area (Å²) in [6, 6.07) is 36.4. The van der Waals surface area contributed by atoms with Gasteiger partial charge in [0.1, 0.15) is 5.60 Å². The minimum absolute atomic E-state index is 0.131. The molecule has 0 aliphatic carbocycles. The van der Waals surface area contributed by atoms with Crippen LogP contribution in [-0.4, -0.2) is 22.5 Å². The van der Waals surface area contributed by atoms with E-state index in [9.17, 15) is 9.59 Å². The molecule has 0 atom stereocenters.